The normalized spacial score (nSPS) is 11.7. The predicted octanol–water partition coefficient (Wildman–Crippen LogP) is 7.10. The molecule has 0 aromatic heterocycles. The van der Waals surface area contributed by atoms with Crippen LogP contribution in [0.3, 0.4) is 0 Å². The summed E-state index contributed by atoms with van der Waals surface area (Å²) >= 11 is 0. The van der Waals surface area contributed by atoms with Crippen molar-refractivity contribution in [2.75, 3.05) is 19.4 Å². The quantitative estimate of drug-likeness (QED) is 0.0234. The minimum Gasteiger partial charge on any atom is -0.468 e. The molecule has 1 aliphatic heterocycles. The van der Waals surface area contributed by atoms with Crippen LogP contribution in [0.25, 0.3) is 5.43 Å². The zero-order valence-electron chi connectivity index (χ0n) is 29.7. The number of nitrogens with zero attached hydrogens (tertiary/aromatic N) is 2. The third-order valence-electron chi connectivity index (χ3n) is 8.41. The molecular weight excluding hydrogens is 836 g/mol. The van der Waals surface area contributed by atoms with Crippen LogP contribution in [0.5, 0.6) is 0 Å². The van der Waals surface area contributed by atoms with Crippen LogP contribution < -0.4 is 26.8 Å². The van der Waals surface area contributed by atoms with Gasteiger partial charge in [-0.1, -0.05) is 79.0 Å². The number of hydrogen-bond donors (Lipinski definition) is 1. The van der Waals surface area contributed by atoms with E-state index in [0.29, 0.717) is 0 Å². The van der Waals surface area contributed by atoms with Crippen molar-refractivity contribution in [3.8, 4) is 0 Å². The minimum atomic E-state index is -2.24. The van der Waals surface area contributed by atoms with Gasteiger partial charge in [0.1, 0.15) is 12.3 Å². The maximum absolute atomic E-state index is 13.5. The molecule has 0 saturated carbocycles. The molecule has 1 aliphatic rings. The van der Waals surface area contributed by atoms with Gasteiger partial charge >= 0.3 is 25.4 Å². The first-order chi connectivity index (χ1) is 26.3. The van der Waals surface area contributed by atoms with Crippen molar-refractivity contribution in [2.24, 2.45) is 0 Å². The molecule has 6 aromatic carbocycles. The topological polar surface area (TPSA) is 60.3 Å². The van der Waals surface area contributed by atoms with Gasteiger partial charge in [-0.05, 0) is 48.5 Å². The van der Waals surface area contributed by atoms with E-state index in [0.717, 1.165) is 23.9 Å². The average molecular weight is 876 g/mol. The first-order valence-corrected chi connectivity index (χ1v) is 20.4. The second-order valence-corrected chi connectivity index (χ2v) is 17.1. The number of carbonyl (C=O) groups is 1. The Kier molecular flexibility index (Phi) is 17.3. The number of benzene rings is 5. The van der Waals surface area contributed by atoms with Gasteiger partial charge in [0.2, 0.25) is 5.82 Å². The Hall–Kier alpha value is -4.65. The summed E-state index contributed by atoms with van der Waals surface area (Å²) in [5.41, 5.74) is 3.30. The molecule has 5 nitrogen and oxygen atoms in total. The molecular formula is C42H39F5N3O2P2Ru+7. The monoisotopic (exact) mass is 876 g/mol. The Bertz CT molecular complexity index is 1880. The molecule has 0 atom stereocenters. The summed E-state index contributed by atoms with van der Waals surface area (Å²) in [7, 11) is -0.499. The van der Waals surface area contributed by atoms with Crippen molar-refractivity contribution in [1.82, 2.24) is 5.01 Å². The first-order valence-electron chi connectivity index (χ1n) is 17.0. The Balaban J connectivity index is 0.000000220. The fraction of sp³-hybridized carbons (Fsp3) is 0.0952. The first kappa shape index (κ1) is 43.1. The number of ether oxygens (including phenoxy) is 1. The third kappa shape index (κ3) is 11.7. The van der Waals surface area contributed by atoms with E-state index in [1.54, 1.807) is 0 Å². The summed E-state index contributed by atoms with van der Waals surface area (Å²) in [6.07, 6.45) is 3.56. The summed E-state index contributed by atoms with van der Waals surface area (Å²) in [6, 6.07) is 54.5. The minimum absolute atomic E-state index is 0. The van der Waals surface area contributed by atoms with Gasteiger partial charge < -0.3 is 10.2 Å². The Labute approximate surface area is 332 Å². The van der Waals surface area contributed by atoms with E-state index in [-0.39, 0.29) is 25.2 Å². The average Bonchev–Trinajstić information content (AvgIpc) is 3.98. The van der Waals surface area contributed by atoms with Crippen molar-refractivity contribution < 1.29 is 56.5 Å². The van der Waals surface area contributed by atoms with Crippen LogP contribution in [0.15, 0.2) is 164 Å². The van der Waals surface area contributed by atoms with Crippen LogP contribution in [-0.2, 0) is 35.6 Å². The van der Waals surface area contributed by atoms with E-state index < -0.39 is 63.0 Å². The summed E-state index contributed by atoms with van der Waals surface area (Å²) in [5, 5.41) is 6.97. The van der Waals surface area contributed by atoms with E-state index in [4.69, 9.17) is 0 Å². The fourth-order valence-electron chi connectivity index (χ4n) is 5.72. The van der Waals surface area contributed by atoms with Crippen molar-refractivity contribution in [3.05, 3.63) is 204 Å². The van der Waals surface area contributed by atoms with Crippen molar-refractivity contribution in [2.45, 2.75) is 6.54 Å². The molecule has 1 heterocycles. The maximum atomic E-state index is 13.5. The van der Waals surface area contributed by atoms with Crippen molar-refractivity contribution >= 4 is 43.0 Å². The van der Waals surface area contributed by atoms with Gasteiger partial charge in [-0.3, -0.25) is 5.53 Å². The molecule has 0 unspecified atom stereocenters. The molecule has 6 aromatic rings. The van der Waals surface area contributed by atoms with E-state index >= 15 is 0 Å². The zero-order valence-corrected chi connectivity index (χ0v) is 33.4. The molecule has 0 aliphatic carbocycles. The molecule has 13 heteroatoms. The number of halogens is 5. The van der Waals surface area contributed by atoms with Gasteiger partial charge in [0, 0.05) is 0 Å². The molecule has 280 valence electrons. The van der Waals surface area contributed by atoms with E-state index in [1.807, 2.05) is 30.3 Å². The summed E-state index contributed by atoms with van der Waals surface area (Å²) in [5.74, 6) is -11.1. The van der Waals surface area contributed by atoms with Gasteiger partial charge in [0.05, 0.1) is 56.3 Å². The van der Waals surface area contributed by atoms with Crippen LogP contribution in [0.4, 0.5) is 22.0 Å². The largest absolute Gasteiger partial charge is 6.00 e. The smallest absolute Gasteiger partial charge is 0.468 e. The zero-order chi connectivity index (χ0) is 38.3. The second-order valence-electron chi connectivity index (χ2n) is 11.8. The SMILES string of the molecule is COC(=O)C1=C[N-][NH2+]N1Cc1c(F)c(F)c(F)c(F)c1F.[Ru+6].c1cc[cH-]c1.c1ccc([PH+](CC[PH+](c2ccccc2)c2ccccc2)c2ccccc2)cc1. The molecule has 7 rings (SSSR count). The van der Waals surface area contributed by atoms with E-state index in [9.17, 15) is 26.7 Å². The number of quaternary nitrogens is 1. The Morgan fingerprint density at radius 1 is 0.618 bits per heavy atom. The second kappa shape index (κ2) is 22.0. The van der Waals surface area contributed by atoms with Crippen LogP contribution in [0, 0.1) is 29.1 Å². The summed E-state index contributed by atoms with van der Waals surface area (Å²) in [6.45, 7) is -0.768. The number of nitrogens with two attached hydrogens (primary N) is 1. The van der Waals surface area contributed by atoms with Crippen LogP contribution in [0.1, 0.15) is 5.56 Å². The number of esters is 1. The molecule has 0 bridgehead atoms. The summed E-state index contributed by atoms with van der Waals surface area (Å²) in [4.78, 5) is 11.4. The Morgan fingerprint density at radius 2 is 0.982 bits per heavy atom. The van der Waals surface area contributed by atoms with Crippen LogP contribution in [-0.4, -0.2) is 30.4 Å². The fourth-order valence-corrected chi connectivity index (χ4v) is 11.9. The molecule has 0 amide bonds. The maximum Gasteiger partial charge on any atom is 6.00 e. The standard InChI is InChI=1S/C26H24P2.C11H8F5N3O2.C5H5.Ru/c1-5-13-23(14-6-1)27(24-15-7-2-8-16-24)21-22-28(25-17-9-3-10-18-25)26-19-11-4-12-20-26;1-21-11(20)5-2-17-18-19(5)3-4-6(12)8(14)10(16)9(15)7(4)13;1-2-4-5-3-1;/h1-20H,21-22H2;2H,3,18H2,1H3;1-5H;/q;;-1;+6/p+2. The predicted molar refractivity (Wildman–Crippen MR) is 210 cm³/mol. The molecule has 0 saturated heterocycles. The Morgan fingerprint density at radius 3 is 1.31 bits per heavy atom. The van der Waals surface area contributed by atoms with Crippen molar-refractivity contribution in [3.63, 3.8) is 0 Å². The van der Waals surface area contributed by atoms with Crippen LogP contribution in [0.2, 0.25) is 0 Å². The van der Waals surface area contributed by atoms with Gasteiger partial charge in [-0.15, -0.1) is 0 Å². The number of hydrogen-bond acceptors (Lipinski definition) is 3. The molecule has 0 fully saturated rings. The molecule has 0 radical (unpaired) electrons. The molecule has 55 heavy (non-hydrogen) atoms. The van der Waals surface area contributed by atoms with Gasteiger partial charge in [0.15, 0.2) is 29.0 Å². The number of rotatable bonds is 10. The van der Waals surface area contributed by atoms with Gasteiger partial charge in [-0.25, -0.2) is 43.9 Å². The molecule has 2 N–H and O–H groups in total. The van der Waals surface area contributed by atoms with Crippen molar-refractivity contribution in [1.29, 1.82) is 0 Å². The molecule has 0 spiro atoms. The van der Waals surface area contributed by atoms with Gasteiger partial charge in [-0.2, -0.15) is 18.2 Å². The van der Waals surface area contributed by atoms with Crippen LogP contribution >= 0.6 is 15.8 Å². The number of methoxy groups -OCH3 is 1. The van der Waals surface area contributed by atoms with Gasteiger partial charge in [0.25, 0.3) is 0 Å². The summed E-state index contributed by atoms with van der Waals surface area (Å²) < 4.78 is 70.6. The number of carbonyl (C=O) groups excluding carboxylic acids is 1. The van der Waals surface area contributed by atoms with E-state index in [1.165, 1.54) is 33.5 Å². The van der Waals surface area contributed by atoms with E-state index in [2.05, 4.69) is 131 Å². The third-order valence-corrected chi connectivity index (χ3v) is 14.5.